The van der Waals surface area contributed by atoms with Gasteiger partial charge in [-0.05, 0) is 61.2 Å². The van der Waals surface area contributed by atoms with Gasteiger partial charge in [0.1, 0.15) is 23.7 Å². The van der Waals surface area contributed by atoms with E-state index in [1.165, 1.54) is 36.3 Å². The molecule has 0 aliphatic carbocycles. The van der Waals surface area contributed by atoms with Gasteiger partial charge in [0.25, 0.3) is 5.91 Å². The van der Waals surface area contributed by atoms with E-state index in [4.69, 9.17) is 4.74 Å². The second kappa shape index (κ2) is 10.5. The van der Waals surface area contributed by atoms with Gasteiger partial charge in [0.15, 0.2) is 0 Å². The quantitative estimate of drug-likeness (QED) is 0.478. The van der Waals surface area contributed by atoms with Gasteiger partial charge in [-0.25, -0.2) is 13.6 Å². The van der Waals surface area contributed by atoms with E-state index >= 15 is 0 Å². The molecule has 2 amide bonds. The van der Waals surface area contributed by atoms with Gasteiger partial charge in [0.2, 0.25) is 5.91 Å². The average molecular weight is 507 g/mol. The normalized spacial score (nSPS) is 17.5. The smallest absolute Gasteiger partial charge is 0.328 e. The SMILES string of the molecule is COC(=O)[C@@H]1C[C@H](NC(=O)c2ccc(-c3ccccc3)cc2F)C(=O)N1C(C)(C)Cc1ccc(F)cc1. The fourth-order valence-electron chi connectivity index (χ4n) is 4.86. The summed E-state index contributed by atoms with van der Waals surface area (Å²) < 4.78 is 33.2. The molecule has 192 valence electrons. The summed E-state index contributed by atoms with van der Waals surface area (Å²) in [4.78, 5) is 40.4. The Kier molecular flexibility index (Phi) is 7.38. The maximum absolute atomic E-state index is 14.9. The third kappa shape index (κ3) is 5.53. The van der Waals surface area contributed by atoms with Crippen LogP contribution in [0.1, 0.15) is 36.2 Å². The highest BCUT2D eigenvalue weighted by molar-refractivity contribution is 6.00. The van der Waals surface area contributed by atoms with Crippen LogP contribution in [-0.2, 0) is 20.7 Å². The van der Waals surface area contributed by atoms with E-state index in [-0.39, 0.29) is 17.8 Å². The molecule has 3 aromatic carbocycles. The van der Waals surface area contributed by atoms with E-state index in [9.17, 15) is 23.2 Å². The van der Waals surface area contributed by atoms with Gasteiger partial charge >= 0.3 is 5.97 Å². The van der Waals surface area contributed by atoms with Crippen molar-refractivity contribution in [3.05, 3.63) is 95.6 Å². The molecule has 1 saturated heterocycles. The number of benzene rings is 3. The number of amides is 2. The Morgan fingerprint density at radius 3 is 2.30 bits per heavy atom. The molecule has 1 heterocycles. The molecule has 1 fully saturated rings. The number of hydrogen-bond donors (Lipinski definition) is 1. The van der Waals surface area contributed by atoms with Crippen LogP contribution in [0.2, 0.25) is 0 Å². The molecule has 0 aromatic heterocycles. The van der Waals surface area contributed by atoms with Crippen LogP contribution in [0, 0.1) is 11.6 Å². The molecule has 37 heavy (non-hydrogen) atoms. The Labute approximate surface area is 214 Å². The van der Waals surface area contributed by atoms with Gasteiger partial charge < -0.3 is 15.0 Å². The first kappa shape index (κ1) is 26.0. The van der Waals surface area contributed by atoms with E-state index < -0.39 is 41.2 Å². The molecule has 0 bridgehead atoms. The molecule has 0 radical (unpaired) electrons. The predicted molar refractivity (Wildman–Crippen MR) is 135 cm³/mol. The van der Waals surface area contributed by atoms with Gasteiger partial charge in [0, 0.05) is 12.0 Å². The van der Waals surface area contributed by atoms with Crippen molar-refractivity contribution >= 4 is 17.8 Å². The zero-order valence-corrected chi connectivity index (χ0v) is 20.8. The van der Waals surface area contributed by atoms with Gasteiger partial charge in [-0.2, -0.15) is 0 Å². The van der Waals surface area contributed by atoms with Gasteiger partial charge in [0.05, 0.1) is 12.7 Å². The lowest BCUT2D eigenvalue weighted by Crippen LogP contribution is -2.54. The van der Waals surface area contributed by atoms with Crippen molar-refractivity contribution in [2.24, 2.45) is 0 Å². The van der Waals surface area contributed by atoms with Crippen LogP contribution in [0.15, 0.2) is 72.8 Å². The molecule has 6 nitrogen and oxygen atoms in total. The average Bonchev–Trinajstić information content (AvgIpc) is 3.21. The first-order valence-electron chi connectivity index (χ1n) is 11.9. The van der Waals surface area contributed by atoms with Gasteiger partial charge in [-0.1, -0.05) is 48.5 Å². The summed E-state index contributed by atoms with van der Waals surface area (Å²) in [6, 6.07) is 17.4. The molecule has 3 aromatic rings. The second-order valence-electron chi connectivity index (χ2n) is 9.69. The number of methoxy groups -OCH3 is 1. The van der Waals surface area contributed by atoms with Crippen LogP contribution < -0.4 is 5.32 Å². The lowest BCUT2D eigenvalue weighted by molar-refractivity contribution is -0.153. The summed E-state index contributed by atoms with van der Waals surface area (Å²) in [5.41, 5.74) is 1.13. The Bertz CT molecular complexity index is 1310. The van der Waals surface area contributed by atoms with Crippen molar-refractivity contribution in [1.29, 1.82) is 0 Å². The van der Waals surface area contributed by atoms with Gasteiger partial charge in [-0.3, -0.25) is 9.59 Å². The summed E-state index contributed by atoms with van der Waals surface area (Å²) in [5, 5.41) is 2.60. The Morgan fingerprint density at radius 1 is 1.00 bits per heavy atom. The summed E-state index contributed by atoms with van der Waals surface area (Å²) in [7, 11) is 1.23. The highest BCUT2D eigenvalue weighted by atomic mass is 19.1. The molecule has 1 N–H and O–H groups in total. The van der Waals surface area contributed by atoms with Crippen LogP contribution in [0.5, 0.6) is 0 Å². The fourth-order valence-corrected chi connectivity index (χ4v) is 4.86. The molecule has 0 spiro atoms. The molecule has 0 saturated carbocycles. The monoisotopic (exact) mass is 506 g/mol. The highest BCUT2D eigenvalue weighted by Gasteiger charge is 2.50. The van der Waals surface area contributed by atoms with E-state index in [1.54, 1.807) is 32.0 Å². The molecule has 1 aliphatic heterocycles. The first-order valence-corrected chi connectivity index (χ1v) is 11.9. The number of carbonyl (C=O) groups excluding carboxylic acids is 3. The third-order valence-electron chi connectivity index (χ3n) is 6.61. The number of esters is 1. The van der Waals surface area contributed by atoms with Crippen LogP contribution in [0.4, 0.5) is 8.78 Å². The standard InChI is InChI=1S/C29H28F2N2O4/c1-29(2,17-18-9-12-21(30)13-10-18)33-25(28(36)37-3)16-24(27(33)35)32-26(34)22-14-11-20(15-23(22)31)19-7-5-4-6-8-19/h4-15,24-25H,16-17H2,1-3H3,(H,32,34)/t24-,25-/m0/s1. The number of nitrogens with one attached hydrogen (secondary N) is 1. The van der Waals surface area contributed by atoms with Crippen molar-refractivity contribution < 1.29 is 27.9 Å². The van der Waals surface area contributed by atoms with Crippen molar-refractivity contribution in [2.45, 2.75) is 44.3 Å². The summed E-state index contributed by atoms with van der Waals surface area (Å²) in [6.07, 6.45) is 0.316. The molecule has 4 rings (SSSR count). The van der Waals surface area contributed by atoms with Crippen molar-refractivity contribution in [1.82, 2.24) is 10.2 Å². The maximum Gasteiger partial charge on any atom is 0.328 e. The van der Waals surface area contributed by atoms with Crippen LogP contribution >= 0.6 is 0 Å². The largest absolute Gasteiger partial charge is 0.467 e. The minimum absolute atomic E-state index is 0.0200. The van der Waals surface area contributed by atoms with Crippen LogP contribution in [-0.4, -0.2) is 47.4 Å². The molecular weight excluding hydrogens is 478 g/mol. The number of carbonyl (C=O) groups is 3. The van der Waals surface area contributed by atoms with E-state index in [1.807, 2.05) is 30.3 Å². The van der Waals surface area contributed by atoms with E-state index in [2.05, 4.69) is 5.32 Å². The number of ether oxygens (including phenoxy) is 1. The summed E-state index contributed by atoms with van der Waals surface area (Å²) in [6.45, 7) is 3.58. The minimum atomic E-state index is -1.04. The zero-order chi connectivity index (χ0) is 26.7. The van der Waals surface area contributed by atoms with Crippen molar-refractivity contribution in [3.63, 3.8) is 0 Å². The number of likely N-dealkylation sites (tertiary alicyclic amines) is 1. The Balaban J connectivity index is 1.54. The Morgan fingerprint density at radius 2 is 1.68 bits per heavy atom. The molecular formula is C29H28F2N2O4. The molecule has 8 heteroatoms. The number of halogens is 2. The first-order chi connectivity index (χ1) is 17.6. The maximum atomic E-state index is 14.9. The zero-order valence-electron chi connectivity index (χ0n) is 20.8. The molecule has 2 atom stereocenters. The number of rotatable bonds is 7. The number of hydrogen-bond acceptors (Lipinski definition) is 4. The van der Waals surface area contributed by atoms with Crippen LogP contribution in [0.3, 0.4) is 0 Å². The fraction of sp³-hybridized carbons (Fsp3) is 0.276. The van der Waals surface area contributed by atoms with Gasteiger partial charge in [-0.15, -0.1) is 0 Å². The highest BCUT2D eigenvalue weighted by Crippen LogP contribution is 2.32. The van der Waals surface area contributed by atoms with E-state index in [0.717, 1.165) is 11.1 Å². The van der Waals surface area contributed by atoms with E-state index in [0.29, 0.717) is 12.0 Å². The lowest BCUT2D eigenvalue weighted by atomic mass is 9.92. The lowest BCUT2D eigenvalue weighted by Gasteiger charge is -2.39. The van der Waals surface area contributed by atoms with Crippen molar-refractivity contribution in [3.8, 4) is 11.1 Å². The number of nitrogens with zero attached hydrogens (tertiary/aromatic N) is 1. The summed E-state index contributed by atoms with van der Waals surface area (Å²) >= 11 is 0. The predicted octanol–water partition coefficient (Wildman–Crippen LogP) is 4.53. The third-order valence-corrected chi connectivity index (χ3v) is 6.61. The topological polar surface area (TPSA) is 75.7 Å². The van der Waals surface area contributed by atoms with Crippen LogP contribution in [0.25, 0.3) is 11.1 Å². The molecule has 1 aliphatic rings. The molecule has 0 unspecified atom stereocenters. The Hall–Kier alpha value is -4.07. The van der Waals surface area contributed by atoms with Crippen molar-refractivity contribution in [2.75, 3.05) is 7.11 Å². The minimum Gasteiger partial charge on any atom is -0.467 e. The summed E-state index contributed by atoms with van der Waals surface area (Å²) in [5.74, 6) is -2.94. The second-order valence-corrected chi connectivity index (χ2v) is 9.69.